The third-order valence-corrected chi connectivity index (χ3v) is 1.88. The summed E-state index contributed by atoms with van der Waals surface area (Å²) in [6.45, 7) is 10.2. The number of carbonyl (C=O) groups is 2. The van der Waals surface area contributed by atoms with Crippen LogP contribution >= 0.6 is 25.3 Å². The Morgan fingerprint density at radius 1 is 0.750 bits per heavy atom. The SMILES string of the molecule is CC(C)(C)OC(=O)C(C(=O)OC(C)(C)C)=C(S)S.[NaH].[NaH]. The molecule has 0 spiro atoms. The van der Waals surface area contributed by atoms with Gasteiger partial charge in [-0.15, -0.1) is 25.3 Å². The fourth-order valence-electron chi connectivity index (χ4n) is 0.924. The first kappa shape index (κ1) is 26.3. The van der Waals surface area contributed by atoms with E-state index in [1.807, 2.05) is 0 Å². The van der Waals surface area contributed by atoms with E-state index in [4.69, 9.17) is 9.47 Å². The molecule has 0 saturated heterocycles. The summed E-state index contributed by atoms with van der Waals surface area (Å²) >= 11 is 7.83. The van der Waals surface area contributed by atoms with Crippen molar-refractivity contribution in [3.05, 3.63) is 9.81 Å². The number of hydrogen-bond acceptors (Lipinski definition) is 6. The quantitative estimate of drug-likeness (QED) is 0.199. The van der Waals surface area contributed by atoms with Crippen LogP contribution in [0.1, 0.15) is 41.5 Å². The number of thiol groups is 2. The molecule has 0 aliphatic rings. The molecule has 0 N–H and O–H groups in total. The predicted molar refractivity (Wildman–Crippen MR) is 91.0 cm³/mol. The van der Waals surface area contributed by atoms with Crippen LogP contribution < -0.4 is 0 Å². The van der Waals surface area contributed by atoms with E-state index < -0.39 is 23.1 Å². The van der Waals surface area contributed by atoms with Crippen LogP contribution in [-0.2, 0) is 19.1 Å². The fourth-order valence-corrected chi connectivity index (χ4v) is 1.29. The van der Waals surface area contributed by atoms with Gasteiger partial charge in [0.05, 0.1) is 4.24 Å². The number of carbonyl (C=O) groups excluding carboxylic acids is 2. The summed E-state index contributed by atoms with van der Waals surface area (Å²) in [4.78, 5) is 23.7. The second-order valence-electron chi connectivity index (χ2n) is 5.70. The molecule has 0 heterocycles. The van der Waals surface area contributed by atoms with Crippen molar-refractivity contribution in [2.45, 2.75) is 52.7 Å². The molecular weight excluding hydrogens is 318 g/mol. The molecule has 0 amide bonds. The van der Waals surface area contributed by atoms with Crippen molar-refractivity contribution in [1.29, 1.82) is 0 Å². The molecule has 0 bridgehead atoms. The summed E-state index contributed by atoms with van der Waals surface area (Å²) in [6.07, 6.45) is 0. The summed E-state index contributed by atoms with van der Waals surface area (Å²) in [7, 11) is 0. The van der Waals surface area contributed by atoms with Gasteiger partial charge in [-0.3, -0.25) is 0 Å². The van der Waals surface area contributed by atoms with Crippen LogP contribution in [0.25, 0.3) is 0 Å². The molecule has 0 aliphatic carbocycles. The van der Waals surface area contributed by atoms with E-state index in [-0.39, 0.29) is 68.9 Å². The van der Waals surface area contributed by atoms with Gasteiger partial charge in [-0.05, 0) is 41.5 Å². The first-order valence-corrected chi connectivity index (χ1v) is 6.32. The Morgan fingerprint density at radius 2 is 1.00 bits per heavy atom. The van der Waals surface area contributed by atoms with Gasteiger partial charge >= 0.3 is 71.1 Å². The second kappa shape index (κ2) is 10.2. The van der Waals surface area contributed by atoms with Gasteiger partial charge in [0, 0.05) is 0 Å². The van der Waals surface area contributed by atoms with E-state index >= 15 is 0 Å². The molecule has 8 heteroatoms. The molecule has 0 rings (SSSR count). The molecule has 0 aromatic carbocycles. The van der Waals surface area contributed by atoms with Crippen molar-refractivity contribution >= 4 is 96.3 Å². The summed E-state index contributed by atoms with van der Waals surface area (Å²) in [5, 5.41) is 0. The van der Waals surface area contributed by atoms with Crippen molar-refractivity contribution in [1.82, 2.24) is 0 Å². The van der Waals surface area contributed by atoms with Crippen molar-refractivity contribution in [2.24, 2.45) is 0 Å². The summed E-state index contributed by atoms with van der Waals surface area (Å²) in [6, 6.07) is 0. The van der Waals surface area contributed by atoms with Gasteiger partial charge in [0.2, 0.25) is 0 Å². The average molecular weight is 340 g/mol. The average Bonchev–Trinajstić information content (AvgIpc) is 1.93. The Hall–Kier alpha value is 1.38. The van der Waals surface area contributed by atoms with Gasteiger partial charge in [-0.25, -0.2) is 9.59 Å². The summed E-state index contributed by atoms with van der Waals surface area (Å²) < 4.78 is 10.2. The minimum absolute atomic E-state index is 0. The van der Waals surface area contributed by atoms with Crippen LogP contribution in [0.4, 0.5) is 0 Å². The van der Waals surface area contributed by atoms with Gasteiger partial charge in [0.25, 0.3) is 0 Å². The molecule has 0 aliphatic heterocycles. The third kappa shape index (κ3) is 12.0. The van der Waals surface area contributed by atoms with Gasteiger partial charge < -0.3 is 9.47 Å². The first-order valence-electron chi connectivity index (χ1n) is 5.42. The van der Waals surface area contributed by atoms with E-state index in [1.54, 1.807) is 41.5 Å². The Labute approximate surface area is 176 Å². The van der Waals surface area contributed by atoms with Gasteiger partial charge in [0.1, 0.15) is 11.2 Å². The van der Waals surface area contributed by atoms with Crippen LogP contribution in [0.15, 0.2) is 9.81 Å². The molecule has 4 nitrogen and oxygen atoms in total. The van der Waals surface area contributed by atoms with E-state index in [0.717, 1.165) is 0 Å². The van der Waals surface area contributed by atoms with Gasteiger partial charge in [-0.1, -0.05) is 0 Å². The van der Waals surface area contributed by atoms with Crippen LogP contribution in [0.5, 0.6) is 0 Å². The predicted octanol–water partition coefficient (Wildman–Crippen LogP) is 1.44. The van der Waals surface area contributed by atoms with Crippen molar-refractivity contribution in [2.75, 3.05) is 0 Å². The molecule has 0 saturated carbocycles. The molecule has 20 heavy (non-hydrogen) atoms. The second-order valence-corrected chi connectivity index (χ2v) is 6.95. The van der Waals surface area contributed by atoms with Crippen molar-refractivity contribution in [3.63, 3.8) is 0 Å². The topological polar surface area (TPSA) is 52.6 Å². The van der Waals surface area contributed by atoms with Crippen molar-refractivity contribution < 1.29 is 19.1 Å². The molecule has 0 fully saturated rings. The molecule has 0 aromatic heterocycles. The Kier molecular flexibility index (Phi) is 13.4. The first-order chi connectivity index (χ1) is 7.83. The number of esters is 2. The fraction of sp³-hybridized carbons (Fsp3) is 0.667. The van der Waals surface area contributed by atoms with Crippen molar-refractivity contribution in [3.8, 4) is 0 Å². The standard InChI is InChI=1S/C12H20O4S2.2Na.2H/c1-11(2,3)15-8(13)7(10(17)18)9(14)16-12(4,5)6;;;;/h17-18H,1-6H3;;;;. The zero-order valence-corrected chi connectivity index (χ0v) is 13.3. The molecular formula is C12H22Na2O4S2. The Bertz CT molecular complexity index is 348. The number of hydrogen-bond donors (Lipinski definition) is 2. The minimum atomic E-state index is -0.795. The zero-order valence-electron chi connectivity index (χ0n) is 11.5. The molecule has 0 unspecified atom stereocenters. The molecule has 0 atom stereocenters. The third-order valence-electron chi connectivity index (χ3n) is 1.43. The van der Waals surface area contributed by atoms with Crippen LogP contribution in [0, 0.1) is 0 Å². The van der Waals surface area contributed by atoms with Crippen LogP contribution in [0.2, 0.25) is 0 Å². The van der Waals surface area contributed by atoms with E-state index in [1.165, 1.54) is 0 Å². The summed E-state index contributed by atoms with van der Waals surface area (Å²) in [5.74, 6) is -1.59. The van der Waals surface area contributed by atoms with E-state index in [2.05, 4.69) is 25.3 Å². The molecule has 0 aromatic rings. The van der Waals surface area contributed by atoms with E-state index in [0.29, 0.717) is 0 Å². The van der Waals surface area contributed by atoms with Gasteiger partial charge in [0.15, 0.2) is 5.57 Å². The zero-order chi connectivity index (χ0) is 14.7. The Balaban J connectivity index is -0.00000144. The maximum absolute atomic E-state index is 11.8. The monoisotopic (exact) mass is 340 g/mol. The van der Waals surface area contributed by atoms with Gasteiger partial charge in [-0.2, -0.15) is 0 Å². The van der Waals surface area contributed by atoms with Crippen LogP contribution in [0.3, 0.4) is 0 Å². The number of rotatable bonds is 2. The Morgan fingerprint density at radius 3 is 1.15 bits per heavy atom. The molecule has 108 valence electrons. The summed E-state index contributed by atoms with van der Waals surface area (Å²) in [5.41, 5.74) is -1.71. The number of ether oxygens (including phenoxy) is 2. The van der Waals surface area contributed by atoms with Crippen LogP contribution in [-0.4, -0.2) is 82.3 Å². The maximum atomic E-state index is 11.8. The molecule has 0 radical (unpaired) electrons. The van der Waals surface area contributed by atoms with E-state index in [9.17, 15) is 9.59 Å². The normalized spacial score (nSPS) is 10.6.